The quantitative estimate of drug-likeness (QED) is 0.0394. The Labute approximate surface area is 477 Å². The summed E-state index contributed by atoms with van der Waals surface area (Å²) in [5, 5.41) is 0. The van der Waals surface area contributed by atoms with Gasteiger partial charge >= 0.3 is 17.9 Å². The molecule has 2 aliphatic heterocycles. The lowest BCUT2D eigenvalue weighted by molar-refractivity contribution is -0.367. The minimum Gasteiger partial charge on any atom is -0.453 e. The summed E-state index contributed by atoms with van der Waals surface area (Å²) in [6, 6.07) is 73.4. The van der Waals surface area contributed by atoms with E-state index in [1.54, 1.807) is 84.9 Å². The molecule has 14 nitrogen and oxygen atoms in total. The van der Waals surface area contributed by atoms with Gasteiger partial charge in [0.1, 0.15) is 30.5 Å². The molecule has 420 valence electrons. The normalized spacial score (nSPS) is 22.3. The summed E-state index contributed by atoms with van der Waals surface area (Å²) >= 11 is 0. The van der Waals surface area contributed by atoms with Gasteiger partial charge in [0.15, 0.2) is 30.9 Å². The van der Waals surface area contributed by atoms with E-state index in [4.69, 9.17) is 52.1 Å². The smallest absolute Gasteiger partial charge is 0.338 e. The van der Waals surface area contributed by atoms with Crippen molar-refractivity contribution < 1.29 is 66.5 Å². The number of esters is 3. The lowest BCUT2D eigenvalue weighted by Gasteiger charge is -2.49. The van der Waals surface area contributed by atoms with Gasteiger partial charge in [-0.3, -0.25) is 0 Å². The van der Waals surface area contributed by atoms with E-state index >= 15 is 0 Å². The molecule has 0 radical (unpaired) electrons. The molecule has 0 unspecified atom stereocenters. The summed E-state index contributed by atoms with van der Waals surface area (Å²) in [6.45, 7) is 0.168. The summed E-state index contributed by atoms with van der Waals surface area (Å²) in [5.74, 6) is -2.13. The van der Waals surface area contributed by atoms with E-state index in [1.807, 2.05) is 158 Å². The van der Waals surface area contributed by atoms with Crippen LogP contribution in [0.25, 0.3) is 0 Å². The molecule has 2 aliphatic rings. The first kappa shape index (κ1) is 57.1. The lowest BCUT2D eigenvalue weighted by Crippen LogP contribution is -2.67. The van der Waals surface area contributed by atoms with Crippen molar-refractivity contribution in [2.24, 2.45) is 0 Å². The molecule has 0 N–H and O–H groups in total. The number of carbonyl (C=O) groups excluding carboxylic acids is 3. The van der Waals surface area contributed by atoms with Crippen LogP contribution in [0.1, 0.15) is 58.9 Å². The summed E-state index contributed by atoms with van der Waals surface area (Å²) in [4.78, 5) is 43.6. The number of hydrogen-bond acceptors (Lipinski definition) is 14. The zero-order chi connectivity index (χ0) is 56.1. The summed E-state index contributed by atoms with van der Waals surface area (Å²) in [7, 11) is 0. The van der Waals surface area contributed by atoms with Crippen molar-refractivity contribution in [1.82, 2.24) is 0 Å². The van der Waals surface area contributed by atoms with Crippen LogP contribution >= 0.6 is 0 Å². The third-order valence-electron chi connectivity index (χ3n) is 13.8. The van der Waals surface area contributed by atoms with Crippen molar-refractivity contribution in [3.63, 3.8) is 0 Å². The van der Waals surface area contributed by atoms with Crippen LogP contribution in [-0.4, -0.2) is 92.5 Å². The first-order valence-corrected chi connectivity index (χ1v) is 27.4. The Morgan fingerprint density at radius 2 is 0.598 bits per heavy atom. The Balaban J connectivity index is 1.09. The van der Waals surface area contributed by atoms with E-state index in [0.717, 1.165) is 27.8 Å². The SMILES string of the molecule is O=C(O[C@@H]1[C@@H](OC(=O)c2ccccc2)[C@@H](OCc2ccccc2)O[C@H](COCc2ccccc2)[C@H]1O[C@H]1O[C@H](COCc2ccccc2)[C@@H](OC(=O)c2ccccc2)[C@H](OCc2ccccc2)[C@@H]1OCc1ccccc1)c1ccccc1. The molecule has 14 heteroatoms. The number of rotatable bonds is 25. The predicted molar refractivity (Wildman–Crippen MR) is 303 cm³/mol. The third kappa shape index (κ3) is 15.8. The highest BCUT2D eigenvalue weighted by Crippen LogP contribution is 2.37. The average Bonchev–Trinajstić information content (AvgIpc) is 3.55. The molecular formula is C68H64O14. The first-order chi connectivity index (χ1) is 40.4. The maximum Gasteiger partial charge on any atom is 0.338 e. The monoisotopic (exact) mass is 1100 g/mol. The molecular weight excluding hydrogens is 1040 g/mol. The number of benzene rings is 8. The van der Waals surface area contributed by atoms with Crippen LogP contribution in [0.2, 0.25) is 0 Å². The van der Waals surface area contributed by atoms with Gasteiger partial charge in [0.05, 0.1) is 62.9 Å². The maximum absolute atomic E-state index is 14.7. The second kappa shape index (κ2) is 29.5. The fraction of sp³-hybridized carbons (Fsp3) is 0.250. The molecule has 0 spiro atoms. The van der Waals surface area contributed by atoms with E-state index in [-0.39, 0.29) is 57.4 Å². The number of ether oxygens (including phenoxy) is 11. The van der Waals surface area contributed by atoms with Crippen LogP contribution in [0.3, 0.4) is 0 Å². The topological polar surface area (TPSA) is 153 Å². The standard InChI is InChI=1S/C68H64O14/c69-64(53-35-19-6-20-36-53)79-58-56(46-72-41-48-25-9-1-10-26-48)78-68(62(75-44-51-31-15-4-16-32-51)60(58)74-43-50-29-13-3-14-30-50)82-59-57(47-73-42-49-27-11-2-12-28-49)77-67(76-45-52-33-17-5-18-34-52)63(81-66(71)55-39-23-8-24-40-55)61(59)80-65(70)54-37-21-7-22-38-54/h1-40,56-63,67-68H,41-47H2/t56-,57-,58-,59-,60+,61+,62+,63-,67+,68-/m1/s1. The molecule has 8 aromatic rings. The van der Waals surface area contributed by atoms with Gasteiger partial charge < -0.3 is 52.1 Å². The molecule has 2 saturated heterocycles. The van der Waals surface area contributed by atoms with Gasteiger partial charge in [-0.1, -0.05) is 206 Å². The van der Waals surface area contributed by atoms with E-state index in [9.17, 15) is 14.4 Å². The molecule has 2 heterocycles. The molecule has 0 aromatic heterocycles. The van der Waals surface area contributed by atoms with Crippen LogP contribution in [0.5, 0.6) is 0 Å². The van der Waals surface area contributed by atoms with Gasteiger partial charge in [-0.2, -0.15) is 0 Å². The number of carbonyl (C=O) groups is 3. The Hall–Kier alpha value is -8.15. The molecule has 82 heavy (non-hydrogen) atoms. The molecule has 0 saturated carbocycles. The third-order valence-corrected chi connectivity index (χ3v) is 13.8. The van der Waals surface area contributed by atoms with E-state index < -0.39 is 79.3 Å². The van der Waals surface area contributed by atoms with Crippen molar-refractivity contribution in [3.05, 3.63) is 287 Å². The van der Waals surface area contributed by atoms with Gasteiger partial charge in [-0.15, -0.1) is 0 Å². The summed E-state index contributed by atoms with van der Waals surface area (Å²) in [6.07, 6.45) is -12.9. The Kier molecular flexibility index (Phi) is 20.6. The highest BCUT2D eigenvalue weighted by molar-refractivity contribution is 5.91. The van der Waals surface area contributed by atoms with Gasteiger partial charge in [0.2, 0.25) is 0 Å². The Morgan fingerprint density at radius 1 is 0.293 bits per heavy atom. The molecule has 8 aromatic carbocycles. The predicted octanol–water partition coefficient (Wildman–Crippen LogP) is 11.3. The van der Waals surface area contributed by atoms with Crippen LogP contribution in [0.15, 0.2) is 243 Å². The van der Waals surface area contributed by atoms with Crippen LogP contribution in [0, 0.1) is 0 Å². The van der Waals surface area contributed by atoms with E-state index in [2.05, 4.69) is 0 Å². The van der Waals surface area contributed by atoms with Gasteiger partial charge in [-0.05, 0) is 64.2 Å². The summed E-state index contributed by atoms with van der Waals surface area (Å²) < 4.78 is 74.7. The van der Waals surface area contributed by atoms with Crippen molar-refractivity contribution >= 4 is 17.9 Å². The maximum atomic E-state index is 14.7. The van der Waals surface area contributed by atoms with E-state index in [0.29, 0.717) is 5.56 Å². The van der Waals surface area contributed by atoms with Gasteiger partial charge in [-0.25, -0.2) is 14.4 Å². The fourth-order valence-electron chi connectivity index (χ4n) is 9.67. The molecule has 0 aliphatic carbocycles. The van der Waals surface area contributed by atoms with Crippen LogP contribution < -0.4 is 0 Å². The zero-order valence-corrected chi connectivity index (χ0v) is 45.0. The van der Waals surface area contributed by atoms with Crippen LogP contribution in [-0.2, 0) is 85.1 Å². The minimum absolute atomic E-state index is 0.0166. The van der Waals surface area contributed by atoms with Crippen molar-refractivity contribution in [2.45, 2.75) is 94.4 Å². The molecule has 10 atom stereocenters. The highest BCUT2D eigenvalue weighted by atomic mass is 16.8. The van der Waals surface area contributed by atoms with E-state index in [1.165, 1.54) is 0 Å². The molecule has 10 rings (SSSR count). The molecule has 0 bridgehead atoms. The highest BCUT2D eigenvalue weighted by Gasteiger charge is 2.57. The zero-order valence-electron chi connectivity index (χ0n) is 45.0. The van der Waals surface area contributed by atoms with Crippen molar-refractivity contribution in [1.29, 1.82) is 0 Å². The van der Waals surface area contributed by atoms with Crippen molar-refractivity contribution in [2.75, 3.05) is 13.2 Å². The first-order valence-electron chi connectivity index (χ1n) is 27.4. The second-order valence-corrected chi connectivity index (χ2v) is 19.7. The van der Waals surface area contributed by atoms with Gasteiger partial charge in [0.25, 0.3) is 0 Å². The van der Waals surface area contributed by atoms with Crippen molar-refractivity contribution in [3.8, 4) is 0 Å². The summed E-state index contributed by atoms with van der Waals surface area (Å²) in [5.41, 5.74) is 4.94. The molecule has 0 amide bonds. The fourth-order valence-corrected chi connectivity index (χ4v) is 9.67. The largest absolute Gasteiger partial charge is 0.453 e. The van der Waals surface area contributed by atoms with Crippen LogP contribution in [0.4, 0.5) is 0 Å². The number of hydrogen-bond donors (Lipinski definition) is 0. The van der Waals surface area contributed by atoms with Gasteiger partial charge in [0, 0.05) is 0 Å². The minimum atomic E-state index is -1.50. The second-order valence-electron chi connectivity index (χ2n) is 19.7. The Bertz CT molecular complexity index is 3160. The molecule has 2 fully saturated rings. The Morgan fingerprint density at radius 3 is 1.00 bits per heavy atom. The lowest BCUT2D eigenvalue weighted by atomic mass is 9.95. The average molecular weight is 1110 g/mol.